The smallest absolute Gasteiger partial charge is 0.242 e. The summed E-state index contributed by atoms with van der Waals surface area (Å²) < 4.78 is 5.64. The second kappa shape index (κ2) is 10.0. The van der Waals surface area contributed by atoms with Crippen molar-refractivity contribution in [2.75, 3.05) is 56.1 Å². The van der Waals surface area contributed by atoms with Gasteiger partial charge in [0.25, 0.3) is 0 Å². The second-order valence-electron chi connectivity index (χ2n) is 7.73. The van der Waals surface area contributed by atoms with Gasteiger partial charge in [-0.05, 0) is 24.3 Å². The Kier molecular flexibility index (Phi) is 6.92. The molecular weight excluding hydrogens is 432 g/mol. The van der Waals surface area contributed by atoms with E-state index in [1.165, 1.54) is 4.90 Å². The molecular formula is C23H25ClN4O4. The molecule has 2 aromatic carbocycles. The van der Waals surface area contributed by atoms with Crippen LogP contribution in [-0.2, 0) is 14.4 Å². The van der Waals surface area contributed by atoms with Gasteiger partial charge in [-0.1, -0.05) is 35.9 Å². The van der Waals surface area contributed by atoms with Crippen LogP contribution in [0.25, 0.3) is 0 Å². The highest BCUT2D eigenvalue weighted by Gasteiger charge is 2.29. The molecule has 0 aliphatic carbocycles. The van der Waals surface area contributed by atoms with E-state index in [-0.39, 0.29) is 37.2 Å². The number of para-hydroxylation sites is 3. The molecule has 8 nitrogen and oxygen atoms in total. The molecule has 2 aromatic rings. The average Bonchev–Trinajstić information content (AvgIpc) is 2.94. The molecule has 0 spiro atoms. The fourth-order valence-corrected chi connectivity index (χ4v) is 4.02. The zero-order valence-corrected chi connectivity index (χ0v) is 18.4. The number of carbonyl (C=O) groups excluding carboxylic acids is 3. The zero-order valence-electron chi connectivity index (χ0n) is 17.6. The molecule has 1 N–H and O–H groups in total. The lowest BCUT2D eigenvalue weighted by molar-refractivity contribution is -0.133. The lowest BCUT2D eigenvalue weighted by atomic mass is 10.2. The van der Waals surface area contributed by atoms with E-state index in [1.54, 1.807) is 35.2 Å². The third-order valence-corrected chi connectivity index (χ3v) is 5.89. The molecule has 3 amide bonds. The molecule has 0 saturated carbocycles. The molecule has 9 heteroatoms. The molecule has 0 aromatic heterocycles. The van der Waals surface area contributed by atoms with Crippen LogP contribution >= 0.6 is 11.6 Å². The van der Waals surface area contributed by atoms with Gasteiger partial charge in [-0.2, -0.15) is 0 Å². The van der Waals surface area contributed by atoms with Crippen molar-refractivity contribution in [2.24, 2.45) is 0 Å². The lowest BCUT2D eigenvalue weighted by Gasteiger charge is -2.35. The van der Waals surface area contributed by atoms with Gasteiger partial charge < -0.3 is 15.0 Å². The van der Waals surface area contributed by atoms with Crippen molar-refractivity contribution in [3.63, 3.8) is 0 Å². The highest BCUT2D eigenvalue weighted by molar-refractivity contribution is 6.33. The van der Waals surface area contributed by atoms with Crippen LogP contribution in [0.3, 0.4) is 0 Å². The molecule has 1 fully saturated rings. The summed E-state index contributed by atoms with van der Waals surface area (Å²) in [4.78, 5) is 43.1. The molecule has 0 radical (unpaired) electrons. The van der Waals surface area contributed by atoms with Crippen LogP contribution in [0.2, 0.25) is 5.02 Å². The van der Waals surface area contributed by atoms with Gasteiger partial charge in [0.05, 0.1) is 36.0 Å². The first-order valence-electron chi connectivity index (χ1n) is 10.6. The van der Waals surface area contributed by atoms with Crippen LogP contribution in [0.15, 0.2) is 48.5 Å². The van der Waals surface area contributed by atoms with Gasteiger partial charge in [0.15, 0.2) is 0 Å². The highest BCUT2D eigenvalue weighted by Crippen LogP contribution is 2.31. The molecule has 32 heavy (non-hydrogen) atoms. The summed E-state index contributed by atoms with van der Waals surface area (Å²) in [6, 6.07) is 14.4. The lowest BCUT2D eigenvalue weighted by Crippen LogP contribution is -2.53. The molecule has 0 bridgehead atoms. The minimum atomic E-state index is -0.148. The highest BCUT2D eigenvalue weighted by atomic mass is 35.5. The summed E-state index contributed by atoms with van der Waals surface area (Å²) in [5, 5.41) is 3.31. The van der Waals surface area contributed by atoms with Crippen molar-refractivity contribution < 1.29 is 19.1 Å². The number of anilines is 2. The maximum atomic E-state index is 12.9. The first-order chi connectivity index (χ1) is 15.5. The quantitative estimate of drug-likeness (QED) is 0.746. The van der Waals surface area contributed by atoms with Crippen LogP contribution in [-0.4, -0.2) is 73.4 Å². The molecule has 0 unspecified atom stereocenters. The molecule has 168 valence electrons. The van der Waals surface area contributed by atoms with Crippen molar-refractivity contribution in [3.8, 4) is 5.75 Å². The van der Waals surface area contributed by atoms with E-state index < -0.39 is 0 Å². The average molecular weight is 457 g/mol. The van der Waals surface area contributed by atoms with E-state index in [4.69, 9.17) is 16.3 Å². The Hall–Kier alpha value is -3.10. The molecule has 2 aliphatic rings. The Labute approximate surface area is 191 Å². The monoisotopic (exact) mass is 456 g/mol. The van der Waals surface area contributed by atoms with E-state index in [0.29, 0.717) is 54.9 Å². The topological polar surface area (TPSA) is 82.2 Å². The van der Waals surface area contributed by atoms with E-state index in [2.05, 4.69) is 5.32 Å². The van der Waals surface area contributed by atoms with Gasteiger partial charge in [-0.3, -0.25) is 24.2 Å². The number of carbonyl (C=O) groups is 3. The van der Waals surface area contributed by atoms with Gasteiger partial charge in [0.2, 0.25) is 17.7 Å². The van der Waals surface area contributed by atoms with Crippen LogP contribution < -0.4 is 15.0 Å². The van der Waals surface area contributed by atoms with Gasteiger partial charge in [0.1, 0.15) is 12.3 Å². The van der Waals surface area contributed by atoms with Crippen molar-refractivity contribution >= 4 is 40.7 Å². The summed E-state index contributed by atoms with van der Waals surface area (Å²) in [6.45, 7) is 2.66. The van der Waals surface area contributed by atoms with Crippen LogP contribution in [0, 0.1) is 0 Å². The predicted molar refractivity (Wildman–Crippen MR) is 122 cm³/mol. The minimum Gasteiger partial charge on any atom is -0.491 e. The van der Waals surface area contributed by atoms with Crippen molar-refractivity contribution in [1.82, 2.24) is 9.80 Å². The number of piperazine rings is 1. The largest absolute Gasteiger partial charge is 0.491 e. The number of ether oxygens (including phenoxy) is 1. The predicted octanol–water partition coefficient (Wildman–Crippen LogP) is 2.24. The number of halogens is 1. The van der Waals surface area contributed by atoms with Crippen LogP contribution in [0.4, 0.5) is 11.4 Å². The first kappa shape index (κ1) is 22.1. The number of nitrogens with zero attached hydrogens (tertiary/aromatic N) is 3. The molecule has 1 saturated heterocycles. The molecule has 0 atom stereocenters. The maximum Gasteiger partial charge on any atom is 0.242 e. The second-order valence-corrected chi connectivity index (χ2v) is 8.14. The van der Waals surface area contributed by atoms with E-state index in [9.17, 15) is 14.4 Å². The van der Waals surface area contributed by atoms with Gasteiger partial charge >= 0.3 is 0 Å². The van der Waals surface area contributed by atoms with Crippen molar-refractivity contribution in [3.05, 3.63) is 53.6 Å². The van der Waals surface area contributed by atoms with E-state index in [0.717, 1.165) is 0 Å². The Bertz CT molecular complexity index is 1010. The van der Waals surface area contributed by atoms with Crippen LogP contribution in [0.5, 0.6) is 5.75 Å². The Balaban J connectivity index is 1.30. The Morgan fingerprint density at radius 2 is 1.69 bits per heavy atom. The summed E-state index contributed by atoms with van der Waals surface area (Å²) in [5.74, 6) is 0.221. The number of hydrogen-bond acceptors (Lipinski definition) is 5. The number of amides is 3. The van der Waals surface area contributed by atoms with E-state index >= 15 is 0 Å². The molecule has 2 aliphatic heterocycles. The maximum absolute atomic E-state index is 12.9. The molecule has 4 rings (SSSR count). The fraction of sp³-hybridized carbons (Fsp3) is 0.348. The summed E-state index contributed by atoms with van der Waals surface area (Å²) >= 11 is 6.09. The fourth-order valence-electron chi connectivity index (χ4n) is 3.84. The van der Waals surface area contributed by atoms with Crippen molar-refractivity contribution in [1.29, 1.82) is 0 Å². The first-order valence-corrected chi connectivity index (χ1v) is 11.0. The number of hydrogen-bond donors (Lipinski definition) is 1. The number of benzene rings is 2. The number of nitrogens with one attached hydrogen (secondary N) is 1. The van der Waals surface area contributed by atoms with E-state index in [1.807, 2.05) is 23.1 Å². The summed E-state index contributed by atoms with van der Waals surface area (Å²) in [5.41, 5.74) is 1.21. The van der Waals surface area contributed by atoms with Gasteiger partial charge in [0, 0.05) is 26.2 Å². The zero-order chi connectivity index (χ0) is 22.5. The van der Waals surface area contributed by atoms with Gasteiger partial charge in [-0.15, -0.1) is 0 Å². The standard InChI is InChI=1S/C23H25ClN4O4/c24-17-5-1-2-6-18(17)25-21(29)15-26-10-12-27(13-11-26)23(31)16-28-19-7-3-4-8-20(19)32-14-9-22(28)30/h1-8H,9-16H2,(H,25,29). The SMILES string of the molecule is O=C(CN1CCN(C(=O)CN2C(=O)CCOc3ccccc32)CC1)Nc1ccccc1Cl. The molecule has 2 heterocycles. The third-order valence-electron chi connectivity index (χ3n) is 5.56. The van der Waals surface area contributed by atoms with Crippen LogP contribution in [0.1, 0.15) is 6.42 Å². The Morgan fingerprint density at radius 1 is 0.969 bits per heavy atom. The number of fused-ring (bicyclic) bond motifs is 1. The van der Waals surface area contributed by atoms with Crippen molar-refractivity contribution in [2.45, 2.75) is 6.42 Å². The normalized spacial score (nSPS) is 16.7. The number of rotatable bonds is 5. The minimum absolute atomic E-state index is 0.0216. The Morgan fingerprint density at radius 3 is 2.47 bits per heavy atom. The third kappa shape index (κ3) is 5.20. The summed E-state index contributed by atoms with van der Waals surface area (Å²) in [7, 11) is 0. The van der Waals surface area contributed by atoms with Gasteiger partial charge in [-0.25, -0.2) is 0 Å². The summed E-state index contributed by atoms with van der Waals surface area (Å²) in [6.07, 6.45) is 0.232.